The number of aliphatic hydroxyl groups is 1. The minimum absolute atomic E-state index is 0.00874. The molecule has 2 unspecified atom stereocenters. The molecule has 1 saturated carbocycles. The summed E-state index contributed by atoms with van der Waals surface area (Å²) in [4.78, 5) is 24.1. The largest absolute Gasteiger partial charge is 0.393 e. The van der Waals surface area contributed by atoms with E-state index in [1.165, 1.54) is 11.1 Å². The first-order valence-corrected chi connectivity index (χ1v) is 8.96. The van der Waals surface area contributed by atoms with Gasteiger partial charge in [0.2, 0.25) is 5.91 Å². The molecule has 0 radical (unpaired) electrons. The smallest absolute Gasteiger partial charge is 0.251 e. The van der Waals surface area contributed by atoms with Gasteiger partial charge in [0, 0.05) is 12.1 Å². The zero-order valence-corrected chi connectivity index (χ0v) is 14.0. The highest BCUT2D eigenvalue weighted by molar-refractivity contribution is 5.96. The van der Waals surface area contributed by atoms with Gasteiger partial charge >= 0.3 is 0 Å². The normalized spacial score (nSPS) is 22.7. The molecule has 2 aliphatic rings. The predicted molar refractivity (Wildman–Crippen MR) is 91.8 cm³/mol. The second-order valence-corrected chi connectivity index (χ2v) is 7.01. The highest BCUT2D eigenvalue weighted by Crippen LogP contribution is 2.24. The quantitative estimate of drug-likeness (QED) is 0.767. The third kappa shape index (κ3) is 4.35. The fourth-order valence-electron chi connectivity index (χ4n) is 3.74. The number of nitrogens with one attached hydrogen (secondary N) is 2. The van der Waals surface area contributed by atoms with Crippen molar-refractivity contribution < 1.29 is 14.7 Å². The molecule has 2 amide bonds. The summed E-state index contributed by atoms with van der Waals surface area (Å²) in [5.74, 6) is -0.0392. The zero-order chi connectivity index (χ0) is 16.9. The van der Waals surface area contributed by atoms with Crippen LogP contribution in [0, 0.1) is 5.92 Å². The second-order valence-electron chi connectivity index (χ2n) is 7.01. The van der Waals surface area contributed by atoms with Crippen molar-refractivity contribution in [2.24, 2.45) is 5.92 Å². The van der Waals surface area contributed by atoms with Gasteiger partial charge in [0.1, 0.15) is 0 Å². The Kier molecular flexibility index (Phi) is 5.51. The van der Waals surface area contributed by atoms with E-state index in [-0.39, 0.29) is 24.5 Å². The SMILES string of the molecule is O=C(CNC(=O)c1ccc2c(c1)CCC2)NCC1CCCC(O)C1. The Hall–Kier alpha value is -1.88. The molecule has 1 aromatic carbocycles. The fourth-order valence-corrected chi connectivity index (χ4v) is 3.74. The highest BCUT2D eigenvalue weighted by atomic mass is 16.3. The van der Waals surface area contributed by atoms with Crippen LogP contribution in [0.15, 0.2) is 18.2 Å². The molecule has 2 aliphatic carbocycles. The van der Waals surface area contributed by atoms with Gasteiger partial charge in [-0.05, 0) is 67.7 Å². The summed E-state index contributed by atoms with van der Waals surface area (Å²) in [6.07, 6.45) is 6.71. The van der Waals surface area contributed by atoms with Crippen LogP contribution in [-0.2, 0) is 17.6 Å². The van der Waals surface area contributed by atoms with E-state index >= 15 is 0 Å². The van der Waals surface area contributed by atoms with Crippen LogP contribution in [0.4, 0.5) is 0 Å². The Morgan fingerprint density at radius 3 is 2.75 bits per heavy atom. The molecule has 3 rings (SSSR count). The van der Waals surface area contributed by atoms with Crippen LogP contribution in [0.5, 0.6) is 0 Å². The maximum atomic E-state index is 12.2. The molecular formula is C19H26N2O3. The van der Waals surface area contributed by atoms with Crippen LogP contribution in [0.2, 0.25) is 0 Å². The number of hydrogen-bond donors (Lipinski definition) is 3. The number of fused-ring (bicyclic) bond motifs is 1. The van der Waals surface area contributed by atoms with Crippen molar-refractivity contribution in [2.75, 3.05) is 13.1 Å². The molecule has 5 heteroatoms. The van der Waals surface area contributed by atoms with E-state index in [1.54, 1.807) is 0 Å². The van der Waals surface area contributed by atoms with Gasteiger partial charge in [0.05, 0.1) is 12.6 Å². The zero-order valence-electron chi connectivity index (χ0n) is 14.0. The van der Waals surface area contributed by atoms with Crippen LogP contribution >= 0.6 is 0 Å². The van der Waals surface area contributed by atoms with Gasteiger partial charge < -0.3 is 15.7 Å². The van der Waals surface area contributed by atoms with Crippen LogP contribution < -0.4 is 10.6 Å². The van der Waals surface area contributed by atoms with Crippen molar-refractivity contribution in [3.8, 4) is 0 Å². The van der Waals surface area contributed by atoms with E-state index in [1.807, 2.05) is 18.2 Å². The first-order chi connectivity index (χ1) is 11.6. The number of aliphatic hydroxyl groups excluding tert-OH is 1. The topological polar surface area (TPSA) is 78.4 Å². The van der Waals surface area contributed by atoms with Gasteiger partial charge in [-0.2, -0.15) is 0 Å². The van der Waals surface area contributed by atoms with Gasteiger partial charge in [-0.25, -0.2) is 0 Å². The Balaban J connectivity index is 1.41. The maximum Gasteiger partial charge on any atom is 0.251 e. The summed E-state index contributed by atoms with van der Waals surface area (Å²) >= 11 is 0. The standard InChI is InChI=1S/C19H26N2O3/c22-17-6-1-3-13(9-17)11-20-18(23)12-21-19(24)16-8-7-14-4-2-5-15(14)10-16/h7-8,10,13,17,22H,1-6,9,11-12H2,(H,20,23)(H,21,24). The Morgan fingerprint density at radius 2 is 1.92 bits per heavy atom. The van der Waals surface area contributed by atoms with E-state index in [2.05, 4.69) is 10.6 Å². The van der Waals surface area contributed by atoms with Gasteiger partial charge in [-0.15, -0.1) is 0 Å². The van der Waals surface area contributed by atoms with Crippen molar-refractivity contribution in [1.82, 2.24) is 10.6 Å². The van der Waals surface area contributed by atoms with Gasteiger partial charge in [0.25, 0.3) is 5.91 Å². The lowest BCUT2D eigenvalue weighted by Crippen LogP contribution is -2.40. The minimum Gasteiger partial charge on any atom is -0.393 e. The monoisotopic (exact) mass is 330 g/mol. The first kappa shape index (κ1) is 17.0. The average molecular weight is 330 g/mol. The Labute approximate surface area is 142 Å². The lowest BCUT2D eigenvalue weighted by molar-refractivity contribution is -0.120. The van der Waals surface area contributed by atoms with E-state index in [4.69, 9.17) is 0 Å². The van der Waals surface area contributed by atoms with Crippen molar-refractivity contribution >= 4 is 11.8 Å². The van der Waals surface area contributed by atoms with Gasteiger partial charge in [-0.1, -0.05) is 12.5 Å². The Bertz CT molecular complexity index is 615. The lowest BCUT2D eigenvalue weighted by atomic mass is 9.87. The molecule has 0 aliphatic heterocycles. The third-order valence-electron chi connectivity index (χ3n) is 5.11. The summed E-state index contributed by atoms with van der Waals surface area (Å²) in [5.41, 5.74) is 3.21. The summed E-state index contributed by atoms with van der Waals surface area (Å²) in [6, 6.07) is 5.80. The van der Waals surface area contributed by atoms with Crippen molar-refractivity contribution in [1.29, 1.82) is 0 Å². The summed E-state index contributed by atoms with van der Waals surface area (Å²) in [7, 11) is 0. The molecule has 130 valence electrons. The molecule has 1 fully saturated rings. The number of carbonyl (C=O) groups is 2. The number of aryl methyl sites for hydroxylation is 2. The summed E-state index contributed by atoms with van der Waals surface area (Å²) in [5, 5.41) is 15.2. The van der Waals surface area contributed by atoms with Crippen LogP contribution in [0.3, 0.4) is 0 Å². The number of benzene rings is 1. The average Bonchev–Trinajstić information content (AvgIpc) is 3.05. The van der Waals surface area contributed by atoms with E-state index in [0.29, 0.717) is 18.0 Å². The molecule has 0 saturated heterocycles. The number of amides is 2. The second kappa shape index (κ2) is 7.79. The van der Waals surface area contributed by atoms with Gasteiger partial charge in [-0.3, -0.25) is 9.59 Å². The molecule has 3 N–H and O–H groups in total. The first-order valence-electron chi connectivity index (χ1n) is 8.96. The Morgan fingerprint density at radius 1 is 1.08 bits per heavy atom. The summed E-state index contributed by atoms with van der Waals surface area (Å²) in [6.45, 7) is 0.565. The number of carbonyl (C=O) groups excluding carboxylic acids is 2. The maximum absolute atomic E-state index is 12.2. The van der Waals surface area contributed by atoms with E-state index in [0.717, 1.165) is 44.9 Å². The van der Waals surface area contributed by atoms with E-state index in [9.17, 15) is 14.7 Å². The highest BCUT2D eigenvalue weighted by Gasteiger charge is 2.20. The predicted octanol–water partition coefficient (Wildman–Crippen LogP) is 1.57. The number of hydrogen-bond acceptors (Lipinski definition) is 3. The van der Waals surface area contributed by atoms with Crippen LogP contribution in [0.25, 0.3) is 0 Å². The molecule has 0 heterocycles. The fraction of sp³-hybridized carbons (Fsp3) is 0.579. The van der Waals surface area contributed by atoms with Crippen molar-refractivity contribution in [3.63, 3.8) is 0 Å². The molecule has 0 spiro atoms. The third-order valence-corrected chi connectivity index (χ3v) is 5.11. The number of rotatable bonds is 5. The van der Waals surface area contributed by atoms with Crippen LogP contribution in [0.1, 0.15) is 53.6 Å². The molecular weight excluding hydrogens is 304 g/mol. The molecule has 24 heavy (non-hydrogen) atoms. The van der Waals surface area contributed by atoms with Gasteiger partial charge in [0.15, 0.2) is 0 Å². The molecule has 0 bridgehead atoms. The molecule has 2 atom stereocenters. The lowest BCUT2D eigenvalue weighted by Gasteiger charge is -2.25. The van der Waals surface area contributed by atoms with Crippen LogP contribution in [-0.4, -0.2) is 36.1 Å². The minimum atomic E-state index is -0.236. The van der Waals surface area contributed by atoms with Crippen molar-refractivity contribution in [2.45, 2.75) is 51.0 Å². The van der Waals surface area contributed by atoms with E-state index < -0.39 is 0 Å². The molecule has 1 aromatic rings. The molecule has 5 nitrogen and oxygen atoms in total. The summed E-state index contributed by atoms with van der Waals surface area (Å²) < 4.78 is 0. The van der Waals surface area contributed by atoms with Crippen molar-refractivity contribution in [3.05, 3.63) is 34.9 Å². The molecule has 0 aromatic heterocycles.